The molecule has 0 aliphatic heterocycles. The highest BCUT2D eigenvalue weighted by Gasteiger charge is 2.21. The van der Waals surface area contributed by atoms with Crippen LogP contribution in [-0.4, -0.2) is 22.0 Å². The maximum Gasteiger partial charge on any atom is 0.259 e. The molecule has 0 heterocycles. The van der Waals surface area contributed by atoms with Gasteiger partial charge in [-0.2, -0.15) is 0 Å². The summed E-state index contributed by atoms with van der Waals surface area (Å²) >= 11 is 12.6. The number of aryl methyl sites for hydroxylation is 2. The van der Waals surface area contributed by atoms with Gasteiger partial charge in [0.15, 0.2) is 11.5 Å². The zero-order valence-electron chi connectivity index (χ0n) is 28.8. The molecule has 4 N–H and O–H groups in total. The Kier molecular flexibility index (Phi) is 10.0. The van der Waals surface area contributed by atoms with Crippen LogP contribution in [-0.2, 0) is 0 Å². The molecule has 0 unspecified atom stereocenters. The first-order valence-electron chi connectivity index (χ1n) is 16.6. The number of nitrogens with zero attached hydrogens (tertiary/aromatic N) is 4. The van der Waals surface area contributed by atoms with E-state index in [1.807, 2.05) is 38.1 Å². The van der Waals surface area contributed by atoms with Crippen LogP contribution in [0.1, 0.15) is 31.8 Å². The SMILES string of the molecule is Cc1ccc(Cl)c(N=Nc2c(O)c(C(=O)Nc3ccc(NC(=O)c4cc5ccccc5c(N=Nc5cc(C)ccc5Cl)c4O)cc3)cc3ccccc23)c1. The summed E-state index contributed by atoms with van der Waals surface area (Å²) < 4.78 is 0. The number of nitrogens with one attached hydrogen (secondary N) is 2. The number of halogens is 2. The lowest BCUT2D eigenvalue weighted by atomic mass is 10.0. The first kappa shape index (κ1) is 35.8. The van der Waals surface area contributed by atoms with E-state index >= 15 is 0 Å². The van der Waals surface area contributed by atoms with Gasteiger partial charge in [-0.15, -0.1) is 20.5 Å². The van der Waals surface area contributed by atoms with Crippen LogP contribution >= 0.6 is 23.2 Å². The fraction of sp³-hybridized carbons (Fsp3) is 0.0476. The van der Waals surface area contributed by atoms with Crippen LogP contribution in [0.25, 0.3) is 21.5 Å². The third-order valence-electron chi connectivity index (χ3n) is 8.60. The van der Waals surface area contributed by atoms with Crippen LogP contribution in [0.3, 0.4) is 0 Å². The van der Waals surface area contributed by atoms with Crippen molar-refractivity contribution in [2.45, 2.75) is 13.8 Å². The minimum absolute atomic E-state index is 0.0141. The molecule has 0 spiro atoms. The fourth-order valence-electron chi connectivity index (χ4n) is 5.82. The summed E-state index contributed by atoms with van der Waals surface area (Å²) in [4.78, 5) is 27.0. The molecule has 0 aliphatic carbocycles. The number of carbonyl (C=O) groups is 2. The van der Waals surface area contributed by atoms with Gasteiger partial charge in [-0.1, -0.05) is 83.9 Å². The van der Waals surface area contributed by atoms with Crippen molar-refractivity contribution >= 4 is 90.7 Å². The zero-order valence-corrected chi connectivity index (χ0v) is 30.3. The largest absolute Gasteiger partial charge is 0.505 e. The highest BCUT2D eigenvalue weighted by Crippen LogP contribution is 2.42. The van der Waals surface area contributed by atoms with Gasteiger partial charge in [0.1, 0.15) is 22.7 Å². The van der Waals surface area contributed by atoms with Crippen LogP contribution in [0.15, 0.2) is 142 Å². The van der Waals surface area contributed by atoms with Crippen molar-refractivity contribution in [3.63, 3.8) is 0 Å². The summed E-state index contributed by atoms with van der Waals surface area (Å²) in [6, 6.07) is 34.6. The maximum absolute atomic E-state index is 13.5. The number of phenolic OH excluding ortho intramolecular Hbond substituents is 2. The van der Waals surface area contributed by atoms with Crippen molar-refractivity contribution in [3.05, 3.63) is 154 Å². The number of amides is 2. The molecular formula is C42H30Cl2N6O4. The van der Waals surface area contributed by atoms with E-state index in [1.54, 1.807) is 97.1 Å². The van der Waals surface area contributed by atoms with E-state index in [0.29, 0.717) is 54.3 Å². The van der Waals surface area contributed by atoms with E-state index in [-0.39, 0.29) is 34.0 Å². The predicted octanol–water partition coefficient (Wildman–Crippen LogP) is 12.7. The molecule has 7 rings (SSSR count). The molecule has 12 heteroatoms. The van der Waals surface area contributed by atoms with E-state index in [1.165, 1.54) is 0 Å². The number of anilines is 2. The van der Waals surface area contributed by atoms with Gasteiger partial charge in [0.05, 0.1) is 21.2 Å². The van der Waals surface area contributed by atoms with E-state index < -0.39 is 11.8 Å². The van der Waals surface area contributed by atoms with E-state index in [2.05, 4.69) is 31.1 Å². The summed E-state index contributed by atoms with van der Waals surface area (Å²) in [5.41, 5.74) is 3.72. The van der Waals surface area contributed by atoms with E-state index in [9.17, 15) is 19.8 Å². The van der Waals surface area contributed by atoms with Gasteiger partial charge in [-0.25, -0.2) is 0 Å². The monoisotopic (exact) mass is 752 g/mol. The minimum atomic E-state index is -0.588. The average Bonchev–Trinajstić information content (AvgIpc) is 3.16. The van der Waals surface area contributed by atoms with Crippen LogP contribution < -0.4 is 10.6 Å². The number of hydrogen-bond donors (Lipinski definition) is 4. The fourth-order valence-corrected chi connectivity index (χ4v) is 6.13. The van der Waals surface area contributed by atoms with Gasteiger partial charge in [-0.3, -0.25) is 9.59 Å². The van der Waals surface area contributed by atoms with Gasteiger partial charge in [0, 0.05) is 22.1 Å². The average molecular weight is 754 g/mol. The lowest BCUT2D eigenvalue weighted by molar-refractivity contribution is 0.101. The van der Waals surface area contributed by atoms with Gasteiger partial charge < -0.3 is 20.8 Å². The second-order valence-corrected chi connectivity index (χ2v) is 13.3. The molecule has 0 aromatic heterocycles. The molecule has 0 saturated carbocycles. The summed E-state index contributed by atoms with van der Waals surface area (Å²) in [6.07, 6.45) is 0. The number of hydrogen-bond acceptors (Lipinski definition) is 8. The molecule has 266 valence electrons. The molecule has 0 atom stereocenters. The molecule has 7 aromatic carbocycles. The van der Waals surface area contributed by atoms with Gasteiger partial charge >= 0.3 is 0 Å². The van der Waals surface area contributed by atoms with E-state index in [0.717, 1.165) is 11.1 Å². The van der Waals surface area contributed by atoms with Crippen molar-refractivity contribution in [2.75, 3.05) is 10.6 Å². The van der Waals surface area contributed by atoms with Crippen molar-refractivity contribution in [2.24, 2.45) is 20.5 Å². The molecule has 0 fully saturated rings. The summed E-state index contributed by atoms with van der Waals surface area (Å²) in [5.74, 6) is -1.87. The number of phenols is 2. The minimum Gasteiger partial charge on any atom is -0.505 e. The standard InChI is InChI=1S/C42H30Cl2N6O4/c1-23-11-17-33(43)35(19-23)47-49-37-29-9-5-3-7-25(29)21-31(39(37)51)41(53)45-27-13-15-28(16-14-27)46-42(54)32-22-26-8-4-6-10-30(26)38(40(32)52)50-48-36-20-24(2)12-18-34(36)44/h3-22,51-52H,1-2H3,(H,45,53)(H,46,54). The molecular weight excluding hydrogens is 723 g/mol. The van der Waals surface area contributed by atoms with Gasteiger partial charge in [0.25, 0.3) is 11.8 Å². The first-order valence-corrected chi connectivity index (χ1v) is 17.4. The molecule has 54 heavy (non-hydrogen) atoms. The van der Waals surface area contributed by atoms with E-state index in [4.69, 9.17) is 23.2 Å². The Hall–Kier alpha value is -6.62. The Morgan fingerprint density at radius 1 is 0.519 bits per heavy atom. The normalized spacial score (nSPS) is 11.5. The van der Waals surface area contributed by atoms with Crippen molar-refractivity contribution in [1.82, 2.24) is 0 Å². The summed E-state index contributed by atoms with van der Waals surface area (Å²) in [5, 5.41) is 48.6. The van der Waals surface area contributed by atoms with Crippen LogP contribution in [0.4, 0.5) is 34.1 Å². The third kappa shape index (κ3) is 7.47. The van der Waals surface area contributed by atoms with Crippen LogP contribution in [0, 0.1) is 13.8 Å². The number of azo groups is 2. The number of rotatable bonds is 8. The number of carbonyl (C=O) groups excluding carboxylic acids is 2. The Morgan fingerprint density at radius 2 is 0.907 bits per heavy atom. The topological polar surface area (TPSA) is 148 Å². The number of aromatic hydroxyl groups is 2. The lowest BCUT2D eigenvalue weighted by Crippen LogP contribution is -2.13. The van der Waals surface area contributed by atoms with Gasteiger partial charge in [-0.05, 0) is 96.4 Å². The zero-order chi connectivity index (χ0) is 37.9. The number of fused-ring (bicyclic) bond motifs is 2. The molecule has 10 nitrogen and oxygen atoms in total. The molecule has 7 aromatic rings. The second-order valence-electron chi connectivity index (χ2n) is 12.5. The predicted molar refractivity (Wildman–Crippen MR) is 214 cm³/mol. The molecule has 0 aliphatic rings. The lowest BCUT2D eigenvalue weighted by Gasteiger charge is -2.13. The van der Waals surface area contributed by atoms with Crippen molar-refractivity contribution in [3.8, 4) is 11.5 Å². The maximum atomic E-state index is 13.5. The smallest absolute Gasteiger partial charge is 0.259 e. The molecule has 0 bridgehead atoms. The first-order chi connectivity index (χ1) is 26.0. The molecule has 0 saturated heterocycles. The summed E-state index contributed by atoms with van der Waals surface area (Å²) in [7, 11) is 0. The van der Waals surface area contributed by atoms with Crippen molar-refractivity contribution < 1.29 is 19.8 Å². The van der Waals surface area contributed by atoms with Crippen LogP contribution in [0.5, 0.6) is 11.5 Å². The molecule has 2 amide bonds. The second kappa shape index (κ2) is 15.2. The Labute approximate surface area is 319 Å². The molecule has 0 radical (unpaired) electrons. The van der Waals surface area contributed by atoms with Crippen molar-refractivity contribution in [1.29, 1.82) is 0 Å². The Balaban J connectivity index is 1.12. The Morgan fingerprint density at radius 3 is 1.31 bits per heavy atom. The quantitative estimate of drug-likeness (QED) is 0.114. The highest BCUT2D eigenvalue weighted by molar-refractivity contribution is 6.33. The third-order valence-corrected chi connectivity index (χ3v) is 9.24. The Bertz CT molecular complexity index is 2490. The summed E-state index contributed by atoms with van der Waals surface area (Å²) in [6.45, 7) is 3.80. The number of benzene rings is 7. The van der Waals surface area contributed by atoms with Crippen LogP contribution in [0.2, 0.25) is 10.0 Å². The highest BCUT2D eigenvalue weighted by atomic mass is 35.5. The van der Waals surface area contributed by atoms with Gasteiger partial charge in [0.2, 0.25) is 0 Å².